The molecule has 9 heteroatoms. The van der Waals surface area contributed by atoms with Gasteiger partial charge in [0.2, 0.25) is 5.91 Å². The van der Waals surface area contributed by atoms with Crippen molar-refractivity contribution < 1.29 is 14.3 Å². The van der Waals surface area contributed by atoms with E-state index in [1.54, 1.807) is 45.0 Å². The Bertz CT molecular complexity index is 1250. The second-order valence-electron chi connectivity index (χ2n) is 6.69. The molecule has 0 atom stereocenters. The number of thiophene rings is 1. The van der Waals surface area contributed by atoms with Crippen molar-refractivity contribution >= 4 is 39.1 Å². The van der Waals surface area contributed by atoms with Crippen molar-refractivity contribution in [1.82, 2.24) is 9.13 Å². The van der Waals surface area contributed by atoms with Gasteiger partial charge in [-0.25, -0.2) is 9.59 Å². The number of para-hydroxylation sites is 1. The van der Waals surface area contributed by atoms with E-state index in [1.807, 2.05) is 6.92 Å². The summed E-state index contributed by atoms with van der Waals surface area (Å²) in [4.78, 5) is 51.4. The molecule has 0 aliphatic rings. The predicted octanol–water partition coefficient (Wildman–Crippen LogP) is 2.68. The number of nitrogens with zero attached hydrogens (tertiary/aromatic N) is 2. The number of ether oxygens (including phenoxy) is 1. The average molecular weight is 429 g/mol. The predicted molar refractivity (Wildman–Crippen MR) is 117 cm³/mol. The van der Waals surface area contributed by atoms with Crippen LogP contribution in [0.1, 0.15) is 34.6 Å². The third kappa shape index (κ3) is 3.80. The van der Waals surface area contributed by atoms with Crippen molar-refractivity contribution in [2.24, 2.45) is 0 Å². The van der Waals surface area contributed by atoms with Crippen molar-refractivity contribution in [3.05, 3.63) is 61.1 Å². The van der Waals surface area contributed by atoms with Crippen LogP contribution in [0.4, 0.5) is 5.00 Å². The first-order valence-electron chi connectivity index (χ1n) is 9.59. The van der Waals surface area contributed by atoms with E-state index in [2.05, 4.69) is 5.32 Å². The fourth-order valence-corrected chi connectivity index (χ4v) is 4.34. The summed E-state index contributed by atoms with van der Waals surface area (Å²) in [6.07, 6.45) is 0. The quantitative estimate of drug-likeness (QED) is 0.608. The number of aromatic nitrogens is 2. The van der Waals surface area contributed by atoms with Crippen LogP contribution in [0.15, 0.2) is 33.9 Å². The number of fused-ring (bicyclic) bond motifs is 1. The van der Waals surface area contributed by atoms with Crippen LogP contribution in [0.2, 0.25) is 0 Å². The summed E-state index contributed by atoms with van der Waals surface area (Å²) >= 11 is 1.28. The molecule has 0 spiro atoms. The van der Waals surface area contributed by atoms with E-state index in [4.69, 9.17) is 4.74 Å². The number of amides is 1. The van der Waals surface area contributed by atoms with Crippen molar-refractivity contribution in [1.29, 1.82) is 0 Å². The third-order valence-corrected chi connectivity index (χ3v) is 5.99. The van der Waals surface area contributed by atoms with Crippen molar-refractivity contribution in [2.45, 2.75) is 40.8 Å². The minimum atomic E-state index is -0.555. The number of carbonyl (C=O) groups is 2. The molecule has 0 radical (unpaired) electrons. The fourth-order valence-electron chi connectivity index (χ4n) is 3.28. The molecule has 0 saturated carbocycles. The number of hydrogen-bond acceptors (Lipinski definition) is 6. The highest BCUT2D eigenvalue weighted by atomic mass is 32.1. The lowest BCUT2D eigenvalue weighted by Crippen LogP contribution is -2.41. The molecule has 0 bridgehead atoms. The number of benzene rings is 1. The van der Waals surface area contributed by atoms with Crippen LogP contribution < -0.4 is 16.6 Å². The topological polar surface area (TPSA) is 99.4 Å². The molecule has 0 aliphatic carbocycles. The molecule has 8 nitrogen and oxygen atoms in total. The minimum Gasteiger partial charge on any atom is -0.462 e. The Hall–Kier alpha value is -3.20. The van der Waals surface area contributed by atoms with Gasteiger partial charge < -0.3 is 10.1 Å². The molecular formula is C21H23N3O5S. The Kier molecular flexibility index (Phi) is 6.21. The van der Waals surface area contributed by atoms with Crippen LogP contribution in [0.3, 0.4) is 0 Å². The van der Waals surface area contributed by atoms with Crippen LogP contribution in [-0.2, 0) is 22.6 Å². The largest absolute Gasteiger partial charge is 0.462 e. The summed E-state index contributed by atoms with van der Waals surface area (Å²) in [5.74, 6) is -0.979. The highest BCUT2D eigenvalue weighted by Crippen LogP contribution is 2.33. The van der Waals surface area contributed by atoms with E-state index in [9.17, 15) is 19.2 Å². The Morgan fingerprint density at radius 1 is 1.10 bits per heavy atom. The minimum absolute atomic E-state index is 0.195. The third-order valence-electron chi connectivity index (χ3n) is 4.87. The SMILES string of the molecule is CCOC(=O)c1c(NC(=O)Cn2c(=O)n(CC)c(=O)c3ccccc32)sc(C)c1C. The fraction of sp³-hybridized carbons (Fsp3) is 0.333. The smallest absolute Gasteiger partial charge is 0.341 e. The number of hydrogen-bond donors (Lipinski definition) is 1. The zero-order chi connectivity index (χ0) is 22.0. The normalized spacial score (nSPS) is 10.9. The van der Waals surface area contributed by atoms with Gasteiger partial charge in [0.25, 0.3) is 5.56 Å². The molecule has 1 N–H and O–H groups in total. The highest BCUT2D eigenvalue weighted by molar-refractivity contribution is 7.16. The van der Waals surface area contributed by atoms with Gasteiger partial charge in [0.15, 0.2) is 0 Å². The average Bonchev–Trinajstić information content (AvgIpc) is 2.99. The van der Waals surface area contributed by atoms with Gasteiger partial charge in [0, 0.05) is 11.4 Å². The van der Waals surface area contributed by atoms with Gasteiger partial charge in [-0.05, 0) is 45.4 Å². The second-order valence-corrected chi connectivity index (χ2v) is 7.92. The van der Waals surface area contributed by atoms with Crippen LogP contribution in [-0.4, -0.2) is 27.6 Å². The van der Waals surface area contributed by atoms with Crippen LogP contribution in [0, 0.1) is 13.8 Å². The second kappa shape index (κ2) is 8.66. The summed E-state index contributed by atoms with van der Waals surface area (Å²) in [6.45, 7) is 7.19. The zero-order valence-corrected chi connectivity index (χ0v) is 18.1. The summed E-state index contributed by atoms with van der Waals surface area (Å²) in [5, 5.41) is 3.48. The lowest BCUT2D eigenvalue weighted by atomic mass is 10.1. The van der Waals surface area contributed by atoms with Crippen molar-refractivity contribution in [2.75, 3.05) is 11.9 Å². The first-order valence-corrected chi connectivity index (χ1v) is 10.4. The molecule has 158 valence electrons. The highest BCUT2D eigenvalue weighted by Gasteiger charge is 2.23. The van der Waals surface area contributed by atoms with E-state index in [1.165, 1.54) is 15.9 Å². The Morgan fingerprint density at radius 2 is 1.80 bits per heavy atom. The maximum absolute atomic E-state index is 12.8. The summed E-state index contributed by atoms with van der Waals surface area (Å²) in [5.41, 5.74) is 0.514. The van der Waals surface area contributed by atoms with E-state index in [-0.39, 0.29) is 25.3 Å². The van der Waals surface area contributed by atoms with Gasteiger partial charge in [-0.3, -0.25) is 18.7 Å². The molecule has 30 heavy (non-hydrogen) atoms. The van der Waals surface area contributed by atoms with Crippen molar-refractivity contribution in [3.63, 3.8) is 0 Å². The monoisotopic (exact) mass is 429 g/mol. The number of rotatable bonds is 6. The molecule has 3 rings (SSSR count). The Morgan fingerprint density at radius 3 is 2.47 bits per heavy atom. The molecule has 0 saturated heterocycles. The number of carbonyl (C=O) groups excluding carboxylic acids is 2. The van der Waals surface area contributed by atoms with Gasteiger partial charge in [-0.2, -0.15) is 0 Å². The standard InChI is InChI=1S/C21H23N3O5S/c1-5-23-19(26)14-9-7-8-10-15(14)24(21(23)28)11-16(25)22-18-17(20(27)29-6-2)12(3)13(4)30-18/h7-10H,5-6,11H2,1-4H3,(H,22,25). The molecule has 1 amide bonds. The van der Waals surface area contributed by atoms with E-state index >= 15 is 0 Å². The van der Waals surface area contributed by atoms with E-state index in [0.717, 1.165) is 15.0 Å². The Balaban J connectivity index is 2.00. The van der Waals surface area contributed by atoms with Gasteiger partial charge in [-0.1, -0.05) is 12.1 Å². The number of esters is 1. The van der Waals surface area contributed by atoms with Crippen LogP contribution in [0.5, 0.6) is 0 Å². The number of anilines is 1. The summed E-state index contributed by atoms with van der Waals surface area (Å²) in [6, 6.07) is 6.68. The zero-order valence-electron chi connectivity index (χ0n) is 17.3. The molecule has 3 aromatic rings. The number of nitrogens with one attached hydrogen (secondary N) is 1. The molecule has 2 heterocycles. The van der Waals surface area contributed by atoms with Gasteiger partial charge in [0.1, 0.15) is 11.5 Å². The Labute approximate surface area is 176 Å². The lowest BCUT2D eigenvalue weighted by molar-refractivity contribution is -0.116. The summed E-state index contributed by atoms with van der Waals surface area (Å²) < 4.78 is 7.47. The van der Waals surface area contributed by atoms with Crippen molar-refractivity contribution in [3.8, 4) is 0 Å². The molecule has 1 aromatic carbocycles. The van der Waals surface area contributed by atoms with Crippen LogP contribution in [0.25, 0.3) is 10.9 Å². The maximum atomic E-state index is 12.8. The lowest BCUT2D eigenvalue weighted by Gasteiger charge is -2.13. The first kappa shape index (κ1) is 21.5. The molecule has 0 unspecified atom stereocenters. The number of aryl methyl sites for hydroxylation is 1. The first-order chi connectivity index (χ1) is 14.3. The summed E-state index contributed by atoms with van der Waals surface area (Å²) in [7, 11) is 0. The molecule has 0 aliphatic heterocycles. The van der Waals surface area contributed by atoms with E-state index in [0.29, 0.717) is 21.5 Å². The van der Waals surface area contributed by atoms with Gasteiger partial charge in [0.05, 0.1) is 23.1 Å². The molecular weight excluding hydrogens is 406 g/mol. The van der Waals surface area contributed by atoms with Crippen LogP contribution >= 0.6 is 11.3 Å². The van der Waals surface area contributed by atoms with Gasteiger partial charge in [-0.15, -0.1) is 11.3 Å². The van der Waals surface area contributed by atoms with E-state index < -0.39 is 17.6 Å². The van der Waals surface area contributed by atoms with Gasteiger partial charge >= 0.3 is 11.7 Å². The maximum Gasteiger partial charge on any atom is 0.341 e. The molecule has 0 fully saturated rings. The molecule has 2 aromatic heterocycles.